The Balaban J connectivity index is 2.23. The lowest BCUT2D eigenvalue weighted by Gasteiger charge is -2.12. The summed E-state index contributed by atoms with van der Waals surface area (Å²) in [6.07, 6.45) is 0.979. The first kappa shape index (κ1) is 14.8. The van der Waals surface area contributed by atoms with Gasteiger partial charge in [-0.05, 0) is 61.2 Å². The van der Waals surface area contributed by atoms with E-state index in [0.29, 0.717) is 5.56 Å². The van der Waals surface area contributed by atoms with Gasteiger partial charge < -0.3 is 5.32 Å². The van der Waals surface area contributed by atoms with E-state index >= 15 is 0 Å². The molecular weight excluding hydrogens is 314 g/mol. The molecular formula is C17H18BrNO. The predicted molar refractivity (Wildman–Crippen MR) is 87.4 cm³/mol. The molecule has 0 radical (unpaired) electrons. The summed E-state index contributed by atoms with van der Waals surface area (Å²) >= 11 is 3.46. The van der Waals surface area contributed by atoms with Gasteiger partial charge in [-0.1, -0.05) is 35.0 Å². The maximum Gasteiger partial charge on any atom is 0.255 e. The summed E-state index contributed by atoms with van der Waals surface area (Å²) in [6, 6.07) is 11.7. The second-order valence-corrected chi connectivity index (χ2v) is 5.83. The first-order chi connectivity index (χ1) is 9.51. The van der Waals surface area contributed by atoms with Gasteiger partial charge in [0, 0.05) is 15.7 Å². The monoisotopic (exact) mass is 331 g/mol. The molecule has 2 nitrogen and oxygen atoms in total. The van der Waals surface area contributed by atoms with Crippen LogP contribution < -0.4 is 5.32 Å². The van der Waals surface area contributed by atoms with Gasteiger partial charge in [-0.15, -0.1) is 0 Å². The largest absolute Gasteiger partial charge is 0.322 e. The van der Waals surface area contributed by atoms with Crippen LogP contribution in [0.4, 0.5) is 5.69 Å². The SMILES string of the molecule is CCc1ccc(C(=O)Nc2c(C)cc(Br)cc2C)cc1. The van der Waals surface area contributed by atoms with Crippen LogP contribution in [0.3, 0.4) is 0 Å². The van der Waals surface area contributed by atoms with E-state index in [1.54, 1.807) is 0 Å². The number of rotatable bonds is 3. The Morgan fingerprint density at radius 1 is 1.10 bits per heavy atom. The van der Waals surface area contributed by atoms with Gasteiger partial charge in [-0.25, -0.2) is 0 Å². The first-order valence-corrected chi connectivity index (χ1v) is 7.47. The number of benzene rings is 2. The zero-order chi connectivity index (χ0) is 14.7. The Morgan fingerprint density at radius 2 is 1.65 bits per heavy atom. The second kappa shape index (κ2) is 6.23. The highest BCUT2D eigenvalue weighted by Crippen LogP contribution is 2.25. The van der Waals surface area contributed by atoms with E-state index in [1.165, 1.54) is 5.56 Å². The molecule has 2 aromatic carbocycles. The fourth-order valence-electron chi connectivity index (χ4n) is 2.19. The van der Waals surface area contributed by atoms with Gasteiger partial charge >= 0.3 is 0 Å². The highest BCUT2D eigenvalue weighted by atomic mass is 79.9. The summed E-state index contributed by atoms with van der Waals surface area (Å²) in [6.45, 7) is 6.09. The lowest BCUT2D eigenvalue weighted by Crippen LogP contribution is -2.13. The third-order valence-corrected chi connectivity index (χ3v) is 3.82. The molecule has 0 heterocycles. The zero-order valence-corrected chi connectivity index (χ0v) is 13.5. The van der Waals surface area contributed by atoms with Crippen molar-refractivity contribution in [2.45, 2.75) is 27.2 Å². The van der Waals surface area contributed by atoms with Crippen LogP contribution in [0.15, 0.2) is 40.9 Å². The molecule has 0 bridgehead atoms. The molecule has 0 aliphatic heterocycles. The Hall–Kier alpha value is -1.61. The van der Waals surface area contributed by atoms with Crippen LogP contribution in [0.1, 0.15) is 34.0 Å². The lowest BCUT2D eigenvalue weighted by molar-refractivity contribution is 0.102. The maximum absolute atomic E-state index is 12.3. The van der Waals surface area contributed by atoms with Crippen LogP contribution in [0.5, 0.6) is 0 Å². The smallest absolute Gasteiger partial charge is 0.255 e. The van der Waals surface area contributed by atoms with Gasteiger partial charge in [0.1, 0.15) is 0 Å². The van der Waals surface area contributed by atoms with Crippen molar-refractivity contribution in [1.82, 2.24) is 0 Å². The summed E-state index contributed by atoms with van der Waals surface area (Å²) in [5.41, 5.74) is 4.91. The van der Waals surface area contributed by atoms with Crippen LogP contribution in [-0.2, 0) is 6.42 Å². The third kappa shape index (κ3) is 3.28. The number of carbonyl (C=O) groups excluding carboxylic acids is 1. The molecule has 0 saturated carbocycles. The van der Waals surface area contributed by atoms with Crippen molar-refractivity contribution in [2.75, 3.05) is 5.32 Å². The van der Waals surface area contributed by atoms with Crippen molar-refractivity contribution in [2.24, 2.45) is 0 Å². The van der Waals surface area contributed by atoms with Crippen molar-refractivity contribution in [1.29, 1.82) is 0 Å². The summed E-state index contributed by atoms with van der Waals surface area (Å²) in [5.74, 6) is -0.0684. The van der Waals surface area contributed by atoms with Crippen LogP contribution >= 0.6 is 15.9 Å². The number of amides is 1. The molecule has 1 amide bonds. The number of nitrogens with one attached hydrogen (secondary N) is 1. The number of aryl methyl sites for hydroxylation is 3. The van der Waals surface area contributed by atoms with E-state index in [-0.39, 0.29) is 5.91 Å². The molecule has 0 atom stereocenters. The summed E-state index contributed by atoms with van der Waals surface area (Å²) in [5, 5.41) is 3.00. The number of anilines is 1. The van der Waals surface area contributed by atoms with Gasteiger partial charge in [0.05, 0.1) is 0 Å². The molecule has 1 N–H and O–H groups in total. The number of halogens is 1. The fourth-order valence-corrected chi connectivity index (χ4v) is 2.87. The predicted octanol–water partition coefficient (Wildman–Crippen LogP) is 4.88. The van der Waals surface area contributed by atoms with Gasteiger partial charge in [0.15, 0.2) is 0 Å². The molecule has 0 unspecified atom stereocenters. The second-order valence-electron chi connectivity index (χ2n) is 4.92. The molecule has 0 aromatic heterocycles. The molecule has 0 fully saturated rings. The minimum atomic E-state index is -0.0684. The van der Waals surface area contributed by atoms with Crippen molar-refractivity contribution >= 4 is 27.5 Å². The molecule has 0 spiro atoms. The Bertz CT molecular complexity index is 609. The average molecular weight is 332 g/mol. The number of carbonyl (C=O) groups is 1. The molecule has 20 heavy (non-hydrogen) atoms. The summed E-state index contributed by atoms with van der Waals surface area (Å²) < 4.78 is 1.03. The normalized spacial score (nSPS) is 10.4. The fraction of sp³-hybridized carbons (Fsp3) is 0.235. The van der Waals surface area contributed by atoms with E-state index in [2.05, 4.69) is 28.2 Å². The standard InChI is InChI=1S/C17H18BrNO/c1-4-13-5-7-14(8-6-13)17(20)19-16-11(2)9-15(18)10-12(16)3/h5-10H,4H2,1-3H3,(H,19,20). The zero-order valence-electron chi connectivity index (χ0n) is 12.0. The lowest BCUT2D eigenvalue weighted by atomic mass is 10.1. The van der Waals surface area contributed by atoms with Crippen LogP contribution in [0, 0.1) is 13.8 Å². The van der Waals surface area contributed by atoms with Crippen LogP contribution in [0.2, 0.25) is 0 Å². The first-order valence-electron chi connectivity index (χ1n) is 6.68. The van der Waals surface area contributed by atoms with E-state index in [1.807, 2.05) is 50.2 Å². The van der Waals surface area contributed by atoms with Crippen molar-refractivity contribution in [3.8, 4) is 0 Å². The Kier molecular flexibility index (Phi) is 4.61. The minimum absolute atomic E-state index is 0.0684. The van der Waals surface area contributed by atoms with E-state index < -0.39 is 0 Å². The van der Waals surface area contributed by atoms with Crippen LogP contribution in [-0.4, -0.2) is 5.91 Å². The maximum atomic E-state index is 12.3. The highest BCUT2D eigenvalue weighted by Gasteiger charge is 2.10. The summed E-state index contributed by atoms with van der Waals surface area (Å²) in [4.78, 5) is 12.3. The quantitative estimate of drug-likeness (QED) is 0.853. The van der Waals surface area contributed by atoms with Crippen LogP contribution in [0.25, 0.3) is 0 Å². The van der Waals surface area contributed by atoms with E-state index in [4.69, 9.17) is 0 Å². The van der Waals surface area contributed by atoms with Gasteiger partial charge in [-0.2, -0.15) is 0 Å². The van der Waals surface area contributed by atoms with E-state index in [0.717, 1.165) is 27.7 Å². The van der Waals surface area contributed by atoms with Gasteiger partial charge in [0.2, 0.25) is 0 Å². The minimum Gasteiger partial charge on any atom is -0.322 e. The van der Waals surface area contributed by atoms with E-state index in [9.17, 15) is 4.79 Å². The summed E-state index contributed by atoms with van der Waals surface area (Å²) in [7, 11) is 0. The number of hydrogen-bond acceptors (Lipinski definition) is 1. The third-order valence-electron chi connectivity index (χ3n) is 3.36. The molecule has 104 valence electrons. The Morgan fingerprint density at radius 3 is 2.15 bits per heavy atom. The number of hydrogen-bond donors (Lipinski definition) is 1. The average Bonchev–Trinajstić information content (AvgIpc) is 2.42. The topological polar surface area (TPSA) is 29.1 Å². The molecule has 0 aliphatic carbocycles. The molecule has 2 rings (SSSR count). The Labute approximate surface area is 128 Å². The molecule has 3 heteroatoms. The van der Waals surface area contributed by atoms with Crippen molar-refractivity contribution in [3.63, 3.8) is 0 Å². The van der Waals surface area contributed by atoms with Gasteiger partial charge in [-0.3, -0.25) is 4.79 Å². The highest BCUT2D eigenvalue weighted by molar-refractivity contribution is 9.10. The molecule has 0 saturated heterocycles. The molecule has 2 aromatic rings. The van der Waals surface area contributed by atoms with Gasteiger partial charge in [0.25, 0.3) is 5.91 Å². The van der Waals surface area contributed by atoms with Crippen molar-refractivity contribution < 1.29 is 4.79 Å². The molecule has 0 aliphatic rings. The van der Waals surface area contributed by atoms with Crippen molar-refractivity contribution in [3.05, 3.63) is 63.1 Å².